The average Bonchev–Trinajstić information content (AvgIpc) is 2.57. The number of ether oxygens (including phenoxy) is 1. The molecule has 0 saturated heterocycles. The highest BCUT2D eigenvalue weighted by molar-refractivity contribution is 5.79. The molecule has 1 rings (SSSR count). The Morgan fingerprint density at radius 2 is 2.04 bits per heavy atom. The van der Waals surface area contributed by atoms with E-state index in [0.717, 1.165) is 38.6 Å². The van der Waals surface area contributed by atoms with Gasteiger partial charge in [-0.2, -0.15) is 0 Å². The maximum Gasteiger partial charge on any atom is 0.191 e. The van der Waals surface area contributed by atoms with Crippen LogP contribution in [0.2, 0.25) is 0 Å². The van der Waals surface area contributed by atoms with Crippen LogP contribution in [0.5, 0.6) is 5.75 Å². The molecule has 0 aromatic heterocycles. The summed E-state index contributed by atoms with van der Waals surface area (Å²) < 4.78 is 18.8. The standard InChI is InChI=1S/C18H31FN4O/c1-5-23(6-2)12-8-11-21-18(20-4)22-14-15(3)24-17-10-7-9-16(19)13-17/h7,9-10,13,15H,5-6,8,11-12,14H2,1-4H3,(H2,20,21,22). The Morgan fingerprint density at radius 3 is 2.67 bits per heavy atom. The van der Waals surface area contributed by atoms with Crippen LogP contribution in [0, 0.1) is 5.82 Å². The molecule has 6 heteroatoms. The van der Waals surface area contributed by atoms with Crippen molar-refractivity contribution in [2.75, 3.05) is 39.8 Å². The third kappa shape index (κ3) is 8.15. The van der Waals surface area contributed by atoms with Crippen LogP contribution in [0.1, 0.15) is 27.2 Å². The molecule has 1 unspecified atom stereocenters. The summed E-state index contributed by atoms with van der Waals surface area (Å²) in [5.74, 6) is 0.994. The molecule has 136 valence electrons. The van der Waals surface area contributed by atoms with Gasteiger partial charge in [0.2, 0.25) is 0 Å². The zero-order valence-corrected chi connectivity index (χ0v) is 15.3. The number of benzene rings is 1. The summed E-state index contributed by atoms with van der Waals surface area (Å²) in [6, 6.07) is 6.18. The number of aliphatic imine (C=N–C) groups is 1. The van der Waals surface area contributed by atoms with Crippen LogP contribution in [-0.2, 0) is 0 Å². The number of hydrogen-bond donors (Lipinski definition) is 2. The van der Waals surface area contributed by atoms with Gasteiger partial charge in [-0.3, -0.25) is 4.99 Å². The quantitative estimate of drug-likeness (QED) is 0.391. The highest BCUT2D eigenvalue weighted by Crippen LogP contribution is 2.13. The lowest BCUT2D eigenvalue weighted by Crippen LogP contribution is -2.42. The number of nitrogens with zero attached hydrogens (tertiary/aromatic N) is 2. The Morgan fingerprint density at radius 1 is 1.29 bits per heavy atom. The molecule has 5 nitrogen and oxygen atoms in total. The van der Waals surface area contributed by atoms with Gasteiger partial charge in [-0.05, 0) is 45.1 Å². The van der Waals surface area contributed by atoms with Gasteiger partial charge >= 0.3 is 0 Å². The van der Waals surface area contributed by atoms with Crippen molar-refractivity contribution in [2.45, 2.75) is 33.3 Å². The lowest BCUT2D eigenvalue weighted by atomic mass is 10.3. The van der Waals surface area contributed by atoms with Crippen molar-refractivity contribution in [3.8, 4) is 5.75 Å². The number of rotatable bonds is 10. The average molecular weight is 338 g/mol. The Hall–Kier alpha value is -1.82. The molecule has 0 radical (unpaired) electrons. The lowest BCUT2D eigenvalue weighted by Gasteiger charge is -2.19. The first-order valence-electron chi connectivity index (χ1n) is 8.68. The molecule has 1 aromatic carbocycles. The second kappa shape index (κ2) is 11.7. The number of guanidine groups is 1. The molecule has 0 aliphatic carbocycles. The first-order chi connectivity index (χ1) is 11.6. The van der Waals surface area contributed by atoms with Crippen molar-refractivity contribution in [1.82, 2.24) is 15.5 Å². The fourth-order valence-corrected chi connectivity index (χ4v) is 2.32. The van der Waals surface area contributed by atoms with E-state index >= 15 is 0 Å². The van der Waals surface area contributed by atoms with Crippen LogP contribution in [0.4, 0.5) is 4.39 Å². The molecule has 1 aromatic rings. The number of halogens is 1. The van der Waals surface area contributed by atoms with Gasteiger partial charge in [0.25, 0.3) is 0 Å². The monoisotopic (exact) mass is 338 g/mol. The van der Waals surface area contributed by atoms with Crippen LogP contribution in [0.15, 0.2) is 29.3 Å². The van der Waals surface area contributed by atoms with Crippen molar-refractivity contribution >= 4 is 5.96 Å². The predicted molar refractivity (Wildman–Crippen MR) is 98.3 cm³/mol. The molecule has 0 aliphatic rings. The van der Waals surface area contributed by atoms with E-state index < -0.39 is 0 Å². The molecular formula is C18H31FN4O. The Kier molecular flexibility index (Phi) is 9.84. The van der Waals surface area contributed by atoms with E-state index in [0.29, 0.717) is 12.3 Å². The first-order valence-corrected chi connectivity index (χ1v) is 8.68. The van der Waals surface area contributed by atoms with Gasteiger partial charge < -0.3 is 20.3 Å². The van der Waals surface area contributed by atoms with E-state index in [9.17, 15) is 4.39 Å². The van der Waals surface area contributed by atoms with Crippen molar-refractivity contribution < 1.29 is 9.13 Å². The molecule has 24 heavy (non-hydrogen) atoms. The minimum atomic E-state index is -0.293. The van der Waals surface area contributed by atoms with Gasteiger partial charge in [-0.15, -0.1) is 0 Å². The maximum atomic E-state index is 13.1. The second-order valence-corrected chi connectivity index (χ2v) is 5.65. The van der Waals surface area contributed by atoms with Crippen LogP contribution in [0.3, 0.4) is 0 Å². The normalized spacial score (nSPS) is 13.0. The summed E-state index contributed by atoms with van der Waals surface area (Å²) in [5, 5.41) is 6.52. The highest BCUT2D eigenvalue weighted by Gasteiger charge is 2.06. The third-order valence-electron chi connectivity index (χ3n) is 3.75. The summed E-state index contributed by atoms with van der Waals surface area (Å²) in [4.78, 5) is 6.60. The summed E-state index contributed by atoms with van der Waals surface area (Å²) in [6.07, 6.45) is 0.971. The van der Waals surface area contributed by atoms with Gasteiger partial charge in [0.15, 0.2) is 5.96 Å². The third-order valence-corrected chi connectivity index (χ3v) is 3.75. The first kappa shape index (κ1) is 20.2. The molecule has 0 spiro atoms. The van der Waals surface area contributed by atoms with E-state index in [1.807, 2.05) is 6.92 Å². The second-order valence-electron chi connectivity index (χ2n) is 5.65. The fraction of sp³-hybridized carbons (Fsp3) is 0.611. The highest BCUT2D eigenvalue weighted by atomic mass is 19.1. The number of nitrogens with one attached hydrogen (secondary N) is 2. The molecule has 0 amide bonds. The van der Waals surface area contributed by atoms with Gasteiger partial charge in [-0.1, -0.05) is 19.9 Å². The van der Waals surface area contributed by atoms with Gasteiger partial charge in [0.1, 0.15) is 17.7 Å². The minimum Gasteiger partial charge on any atom is -0.489 e. The Labute approximate surface area is 145 Å². The van der Waals surface area contributed by atoms with Gasteiger partial charge in [0, 0.05) is 19.7 Å². The SMILES string of the molecule is CCN(CC)CCCNC(=NC)NCC(C)Oc1cccc(F)c1. The zero-order chi connectivity index (χ0) is 17.8. The van der Waals surface area contributed by atoms with Crippen LogP contribution in [-0.4, -0.2) is 56.7 Å². The fourth-order valence-electron chi connectivity index (χ4n) is 2.32. The van der Waals surface area contributed by atoms with Crippen molar-refractivity contribution in [1.29, 1.82) is 0 Å². The molecule has 2 N–H and O–H groups in total. The van der Waals surface area contributed by atoms with E-state index in [4.69, 9.17) is 4.74 Å². The smallest absolute Gasteiger partial charge is 0.191 e. The van der Waals surface area contributed by atoms with E-state index in [1.165, 1.54) is 12.1 Å². The summed E-state index contributed by atoms with van der Waals surface area (Å²) in [7, 11) is 1.75. The Bertz CT molecular complexity index is 492. The van der Waals surface area contributed by atoms with E-state index in [2.05, 4.69) is 34.4 Å². The van der Waals surface area contributed by atoms with Crippen LogP contribution < -0.4 is 15.4 Å². The molecule has 0 heterocycles. The Balaban J connectivity index is 2.25. The maximum absolute atomic E-state index is 13.1. The van der Waals surface area contributed by atoms with Crippen LogP contribution in [0.25, 0.3) is 0 Å². The largest absolute Gasteiger partial charge is 0.489 e. The molecule has 0 bridgehead atoms. The van der Waals surface area contributed by atoms with E-state index in [1.54, 1.807) is 19.2 Å². The summed E-state index contributed by atoms with van der Waals surface area (Å²) in [6.45, 7) is 11.0. The summed E-state index contributed by atoms with van der Waals surface area (Å²) >= 11 is 0. The number of hydrogen-bond acceptors (Lipinski definition) is 3. The van der Waals surface area contributed by atoms with Gasteiger partial charge in [-0.25, -0.2) is 4.39 Å². The lowest BCUT2D eigenvalue weighted by molar-refractivity contribution is 0.223. The molecule has 0 fully saturated rings. The summed E-state index contributed by atoms with van der Waals surface area (Å²) in [5.41, 5.74) is 0. The molecule has 0 saturated carbocycles. The molecule has 1 atom stereocenters. The van der Waals surface area contributed by atoms with E-state index in [-0.39, 0.29) is 11.9 Å². The molecule has 0 aliphatic heterocycles. The predicted octanol–water partition coefficient (Wildman–Crippen LogP) is 2.49. The topological polar surface area (TPSA) is 48.9 Å². The van der Waals surface area contributed by atoms with Crippen molar-refractivity contribution in [3.63, 3.8) is 0 Å². The van der Waals surface area contributed by atoms with Crippen LogP contribution >= 0.6 is 0 Å². The van der Waals surface area contributed by atoms with Crippen molar-refractivity contribution in [3.05, 3.63) is 30.1 Å². The zero-order valence-electron chi connectivity index (χ0n) is 15.3. The van der Waals surface area contributed by atoms with Gasteiger partial charge in [0.05, 0.1) is 6.54 Å². The molecular weight excluding hydrogens is 307 g/mol. The minimum absolute atomic E-state index is 0.0963. The van der Waals surface area contributed by atoms with Crippen molar-refractivity contribution in [2.24, 2.45) is 4.99 Å².